The summed E-state index contributed by atoms with van der Waals surface area (Å²) in [5.41, 5.74) is 0. The number of carbonyl (C=O) groups excluding carboxylic acids is 3. The molecule has 0 aliphatic heterocycles. The van der Waals surface area contributed by atoms with Gasteiger partial charge in [0.05, 0.1) is 0 Å². The maximum atomic E-state index is 12.7. The van der Waals surface area contributed by atoms with Crippen LogP contribution < -0.4 is 0 Å². The van der Waals surface area contributed by atoms with Crippen molar-refractivity contribution in [3.8, 4) is 0 Å². The molecule has 0 rings (SSSR count). The average molecular weight is 765 g/mol. The third kappa shape index (κ3) is 41.6. The first-order valence-corrected chi connectivity index (χ1v) is 22.2. The third-order valence-electron chi connectivity index (χ3n) is 8.98. The van der Waals surface area contributed by atoms with Crippen molar-refractivity contribution in [3.63, 3.8) is 0 Å². The van der Waals surface area contributed by atoms with Gasteiger partial charge in [-0.3, -0.25) is 14.4 Å². The fourth-order valence-corrected chi connectivity index (χ4v) is 5.61. The van der Waals surface area contributed by atoms with E-state index in [2.05, 4.69) is 57.2 Å². The van der Waals surface area contributed by atoms with Gasteiger partial charge in [-0.05, 0) is 83.5 Å². The summed E-state index contributed by atoms with van der Waals surface area (Å²) in [7, 11) is 0. The Bertz CT molecular complexity index is 1110. The van der Waals surface area contributed by atoms with Crippen LogP contribution in [0.15, 0.2) is 85.1 Å². The minimum atomic E-state index is -0.800. The lowest BCUT2D eigenvalue weighted by molar-refractivity contribution is -0.167. The Morgan fingerprint density at radius 1 is 0.382 bits per heavy atom. The van der Waals surface area contributed by atoms with E-state index in [4.69, 9.17) is 14.2 Å². The Morgan fingerprint density at radius 3 is 1.24 bits per heavy atom. The highest BCUT2D eigenvalue weighted by molar-refractivity contribution is 5.71. The number of esters is 3. The van der Waals surface area contributed by atoms with Crippen LogP contribution in [-0.2, 0) is 28.6 Å². The van der Waals surface area contributed by atoms with Crippen LogP contribution in [0.3, 0.4) is 0 Å². The molecule has 0 saturated heterocycles. The van der Waals surface area contributed by atoms with Crippen LogP contribution in [-0.4, -0.2) is 37.2 Å². The fraction of sp³-hybridized carbons (Fsp3) is 0.653. The van der Waals surface area contributed by atoms with E-state index in [0.29, 0.717) is 19.3 Å². The molecule has 0 aliphatic rings. The average Bonchev–Trinajstić information content (AvgIpc) is 3.18. The maximum Gasteiger partial charge on any atom is 0.306 e. The van der Waals surface area contributed by atoms with E-state index in [9.17, 15) is 14.4 Å². The third-order valence-corrected chi connectivity index (χ3v) is 8.98. The van der Waals surface area contributed by atoms with Gasteiger partial charge in [-0.15, -0.1) is 0 Å². The summed E-state index contributed by atoms with van der Waals surface area (Å²) in [5.74, 6) is -0.976. The topological polar surface area (TPSA) is 78.9 Å². The standard InChI is InChI=1S/C49H80O6/c1-4-7-10-13-16-19-22-24-25-26-28-30-33-36-39-42-48(51)54-45-46(44-53-47(50)41-38-35-32-29-21-18-15-12-9-6-3)55-49(52)43-40-37-34-31-27-23-20-17-14-11-8-5-2/h7,10,13,15-20,22,24-26,28,46H,4-6,8-9,11-12,14,21,23,27,29-45H2,1-3H3/b10-7-,16-13-,18-15-,20-17-,22-19-,25-24-,28-26-. The quantitative estimate of drug-likeness (QED) is 0.0205. The molecule has 6 nitrogen and oxygen atoms in total. The molecule has 0 N–H and O–H groups in total. The molecule has 1 atom stereocenters. The van der Waals surface area contributed by atoms with E-state index in [1.807, 2.05) is 48.6 Å². The lowest BCUT2D eigenvalue weighted by atomic mass is 10.1. The summed E-state index contributed by atoms with van der Waals surface area (Å²) in [6.07, 6.45) is 54.2. The van der Waals surface area contributed by atoms with Crippen LogP contribution in [0.4, 0.5) is 0 Å². The van der Waals surface area contributed by atoms with Crippen LogP contribution >= 0.6 is 0 Å². The first-order chi connectivity index (χ1) is 27.0. The monoisotopic (exact) mass is 765 g/mol. The van der Waals surface area contributed by atoms with Crippen LogP contribution in [0, 0.1) is 0 Å². The van der Waals surface area contributed by atoms with Gasteiger partial charge >= 0.3 is 17.9 Å². The fourth-order valence-electron chi connectivity index (χ4n) is 5.61. The molecule has 1 unspecified atom stereocenters. The van der Waals surface area contributed by atoms with Crippen molar-refractivity contribution in [3.05, 3.63) is 85.1 Å². The molecule has 0 aromatic carbocycles. The van der Waals surface area contributed by atoms with Crippen molar-refractivity contribution in [2.45, 2.75) is 194 Å². The minimum Gasteiger partial charge on any atom is -0.462 e. The second-order valence-electron chi connectivity index (χ2n) is 14.3. The van der Waals surface area contributed by atoms with Gasteiger partial charge in [0.15, 0.2) is 6.10 Å². The summed E-state index contributed by atoms with van der Waals surface area (Å²) < 4.78 is 16.6. The summed E-state index contributed by atoms with van der Waals surface area (Å²) in [5, 5.41) is 0. The molecule has 0 aliphatic carbocycles. The van der Waals surface area contributed by atoms with Crippen molar-refractivity contribution in [2.75, 3.05) is 13.2 Å². The number of rotatable bonds is 38. The number of allylic oxidation sites excluding steroid dienone is 14. The Kier molecular flexibility index (Phi) is 40.6. The molecular formula is C49H80O6. The molecule has 6 heteroatoms. The van der Waals surface area contributed by atoms with Crippen LogP contribution in [0.5, 0.6) is 0 Å². The van der Waals surface area contributed by atoms with Crippen molar-refractivity contribution in [1.82, 2.24) is 0 Å². The van der Waals surface area contributed by atoms with Crippen molar-refractivity contribution in [2.24, 2.45) is 0 Å². The Morgan fingerprint density at radius 2 is 0.745 bits per heavy atom. The summed E-state index contributed by atoms with van der Waals surface area (Å²) in [6.45, 7) is 6.34. The van der Waals surface area contributed by atoms with Gasteiger partial charge in [-0.1, -0.05) is 170 Å². The van der Waals surface area contributed by atoms with Gasteiger partial charge in [-0.25, -0.2) is 0 Å². The van der Waals surface area contributed by atoms with E-state index in [-0.39, 0.29) is 31.1 Å². The van der Waals surface area contributed by atoms with E-state index < -0.39 is 6.10 Å². The number of unbranched alkanes of at least 4 members (excludes halogenated alkanes) is 17. The summed E-state index contributed by atoms with van der Waals surface area (Å²) >= 11 is 0. The highest BCUT2D eigenvalue weighted by Crippen LogP contribution is 2.12. The van der Waals surface area contributed by atoms with Crippen LogP contribution in [0.25, 0.3) is 0 Å². The lowest BCUT2D eigenvalue weighted by Crippen LogP contribution is -2.30. The molecular weight excluding hydrogens is 685 g/mol. The zero-order valence-corrected chi connectivity index (χ0v) is 35.4. The highest BCUT2D eigenvalue weighted by atomic mass is 16.6. The first kappa shape index (κ1) is 51.6. The Hall–Kier alpha value is -3.41. The molecule has 312 valence electrons. The largest absolute Gasteiger partial charge is 0.462 e. The molecule has 0 aromatic rings. The highest BCUT2D eigenvalue weighted by Gasteiger charge is 2.19. The SMILES string of the molecule is CC\C=C/C=C\C=C/C=C\C=C/CCCCCC(=O)OCC(COC(=O)CCCCCC/C=C\CCCC)OC(=O)CCCCCCC/C=C\CCCCC. The number of ether oxygens (including phenoxy) is 3. The molecule has 0 radical (unpaired) electrons. The second kappa shape index (κ2) is 43.3. The van der Waals surface area contributed by atoms with Crippen molar-refractivity contribution >= 4 is 17.9 Å². The number of hydrogen-bond acceptors (Lipinski definition) is 6. The van der Waals surface area contributed by atoms with Gasteiger partial charge in [0.2, 0.25) is 0 Å². The molecule has 55 heavy (non-hydrogen) atoms. The molecule has 0 fully saturated rings. The molecule has 0 aromatic heterocycles. The van der Waals surface area contributed by atoms with E-state index in [0.717, 1.165) is 103 Å². The molecule has 0 spiro atoms. The summed E-state index contributed by atoms with van der Waals surface area (Å²) in [4.78, 5) is 37.7. The lowest BCUT2D eigenvalue weighted by Gasteiger charge is -2.18. The Labute approximate surface area is 337 Å². The Balaban J connectivity index is 4.50. The van der Waals surface area contributed by atoms with Gasteiger partial charge < -0.3 is 14.2 Å². The van der Waals surface area contributed by atoms with E-state index >= 15 is 0 Å². The summed E-state index contributed by atoms with van der Waals surface area (Å²) in [6, 6.07) is 0. The van der Waals surface area contributed by atoms with E-state index in [1.54, 1.807) is 0 Å². The normalized spacial score (nSPS) is 12.9. The van der Waals surface area contributed by atoms with Gasteiger partial charge in [-0.2, -0.15) is 0 Å². The zero-order valence-electron chi connectivity index (χ0n) is 35.4. The van der Waals surface area contributed by atoms with Crippen LogP contribution in [0.2, 0.25) is 0 Å². The maximum absolute atomic E-state index is 12.7. The van der Waals surface area contributed by atoms with Gasteiger partial charge in [0.1, 0.15) is 13.2 Å². The van der Waals surface area contributed by atoms with Gasteiger partial charge in [0, 0.05) is 19.3 Å². The number of hydrogen-bond donors (Lipinski definition) is 0. The van der Waals surface area contributed by atoms with Crippen molar-refractivity contribution in [1.29, 1.82) is 0 Å². The molecule has 0 bridgehead atoms. The molecule has 0 amide bonds. The van der Waals surface area contributed by atoms with E-state index in [1.165, 1.54) is 44.9 Å². The van der Waals surface area contributed by atoms with Crippen LogP contribution in [0.1, 0.15) is 188 Å². The predicted molar refractivity (Wildman–Crippen MR) is 233 cm³/mol. The predicted octanol–water partition coefficient (Wildman–Crippen LogP) is 14.1. The second-order valence-corrected chi connectivity index (χ2v) is 14.3. The molecule has 0 saturated carbocycles. The van der Waals surface area contributed by atoms with Crippen molar-refractivity contribution < 1.29 is 28.6 Å². The molecule has 0 heterocycles. The van der Waals surface area contributed by atoms with Gasteiger partial charge in [0.25, 0.3) is 0 Å². The smallest absolute Gasteiger partial charge is 0.306 e. The number of carbonyl (C=O) groups is 3. The minimum absolute atomic E-state index is 0.101. The zero-order chi connectivity index (χ0) is 40.1. The first-order valence-electron chi connectivity index (χ1n) is 22.2.